The van der Waals surface area contributed by atoms with Gasteiger partial charge in [0.15, 0.2) is 0 Å². The molecule has 4 heteroatoms. The zero-order valence-electron chi connectivity index (χ0n) is 18.6. The van der Waals surface area contributed by atoms with Crippen molar-refractivity contribution in [2.45, 2.75) is 64.3 Å². The van der Waals surface area contributed by atoms with E-state index in [2.05, 4.69) is 68.9 Å². The molecule has 1 N–H and O–H groups in total. The number of ether oxygens (including phenoxy) is 1. The summed E-state index contributed by atoms with van der Waals surface area (Å²) in [4.78, 5) is 0. The van der Waals surface area contributed by atoms with Crippen LogP contribution in [0.4, 0.5) is 0 Å². The second-order valence-electron chi connectivity index (χ2n) is 8.56. The molecule has 0 heterocycles. The number of hydrogen-bond acceptors (Lipinski definition) is 2. The zero-order valence-corrected chi connectivity index (χ0v) is 21.2. The fourth-order valence-electron chi connectivity index (χ4n) is 4.46. The molecule has 0 aliphatic heterocycles. The number of aliphatic hydroxyl groups excluding tert-OH is 1. The normalized spacial score (nSPS) is 12.8. The molecule has 0 amide bonds. The molecule has 0 spiro atoms. The summed E-state index contributed by atoms with van der Waals surface area (Å²) in [5.74, 6) is 4.14. The van der Waals surface area contributed by atoms with Gasteiger partial charge in [-0.05, 0) is 52.5 Å². The largest absolute Gasteiger partial charge is 0.496 e. The molecule has 0 saturated carbocycles. The third-order valence-corrected chi connectivity index (χ3v) is 12.8. The van der Waals surface area contributed by atoms with Gasteiger partial charge < -0.3 is 9.84 Å². The Morgan fingerprint density at radius 1 is 0.897 bits per heavy atom. The van der Waals surface area contributed by atoms with Gasteiger partial charge in [-0.15, -0.1) is 5.54 Å². The van der Waals surface area contributed by atoms with Gasteiger partial charge in [-0.3, -0.25) is 0 Å². The second kappa shape index (κ2) is 9.98. The quantitative estimate of drug-likeness (QED) is 0.358. The lowest BCUT2D eigenvalue weighted by atomic mass is 9.99. The van der Waals surface area contributed by atoms with Gasteiger partial charge in [0.2, 0.25) is 0 Å². The summed E-state index contributed by atoms with van der Waals surface area (Å²) in [5.41, 5.74) is 8.16. The Hall–Kier alpha value is -1.54. The highest BCUT2D eigenvalue weighted by Crippen LogP contribution is 2.40. The van der Waals surface area contributed by atoms with Crippen LogP contribution in [0.5, 0.6) is 5.75 Å². The van der Waals surface area contributed by atoms with E-state index in [0.29, 0.717) is 22.4 Å². The lowest BCUT2D eigenvalue weighted by Gasteiger charge is -2.38. The van der Waals surface area contributed by atoms with Crippen molar-refractivity contribution in [3.8, 4) is 17.2 Å². The maximum Gasteiger partial charge on any atom is 0.146 e. The van der Waals surface area contributed by atoms with E-state index < -0.39 is 14.2 Å². The second-order valence-corrected chi connectivity index (χ2v) is 15.1. The first kappa shape index (κ1) is 23.7. The van der Waals surface area contributed by atoms with Crippen LogP contribution in [0.15, 0.2) is 46.9 Å². The molecule has 1 atom stereocenters. The third kappa shape index (κ3) is 5.15. The molecule has 0 fully saturated rings. The van der Waals surface area contributed by atoms with Gasteiger partial charge >= 0.3 is 0 Å². The highest BCUT2D eigenvalue weighted by Gasteiger charge is 2.41. The molecule has 2 rings (SSSR count). The number of halogens is 1. The minimum absolute atomic E-state index is 0.611. The van der Waals surface area contributed by atoms with Crippen molar-refractivity contribution in [1.29, 1.82) is 0 Å². The van der Waals surface area contributed by atoms with E-state index in [1.807, 2.05) is 42.5 Å². The van der Waals surface area contributed by atoms with Crippen LogP contribution in [0.1, 0.15) is 64.3 Å². The Morgan fingerprint density at radius 3 is 1.93 bits per heavy atom. The van der Waals surface area contributed by atoms with Crippen LogP contribution in [0, 0.1) is 11.5 Å². The van der Waals surface area contributed by atoms with E-state index in [1.54, 1.807) is 7.11 Å². The number of aliphatic hydroxyl groups is 1. The number of benzene rings is 2. The zero-order chi connectivity index (χ0) is 21.8. The van der Waals surface area contributed by atoms with E-state index in [0.717, 1.165) is 21.2 Å². The van der Waals surface area contributed by atoms with Gasteiger partial charge in [0, 0.05) is 15.6 Å². The van der Waals surface area contributed by atoms with Crippen molar-refractivity contribution in [2.75, 3.05) is 7.11 Å². The predicted molar refractivity (Wildman–Crippen MR) is 129 cm³/mol. The lowest BCUT2D eigenvalue weighted by Crippen LogP contribution is -2.43. The highest BCUT2D eigenvalue weighted by atomic mass is 79.9. The highest BCUT2D eigenvalue weighted by molar-refractivity contribution is 9.10. The number of hydrogen-bond donors (Lipinski definition) is 1. The van der Waals surface area contributed by atoms with E-state index >= 15 is 0 Å². The van der Waals surface area contributed by atoms with Gasteiger partial charge in [-0.25, -0.2) is 0 Å². The van der Waals surface area contributed by atoms with E-state index in [1.165, 1.54) is 0 Å². The molecule has 2 aromatic carbocycles. The Bertz CT molecular complexity index is 854. The maximum absolute atomic E-state index is 10.9. The van der Waals surface area contributed by atoms with Crippen LogP contribution in [0.2, 0.25) is 16.6 Å². The van der Waals surface area contributed by atoms with Crippen LogP contribution in [-0.2, 0) is 0 Å². The monoisotopic (exact) mass is 472 g/mol. The molecule has 2 aromatic rings. The van der Waals surface area contributed by atoms with E-state index in [-0.39, 0.29) is 0 Å². The van der Waals surface area contributed by atoms with Crippen LogP contribution < -0.4 is 4.74 Å². The first-order chi connectivity index (χ1) is 13.6. The first-order valence-corrected chi connectivity index (χ1v) is 13.3. The molecule has 0 aliphatic carbocycles. The molecule has 0 saturated heterocycles. The van der Waals surface area contributed by atoms with Gasteiger partial charge in [0.25, 0.3) is 0 Å². The SMILES string of the molecule is COc1ccc(Br)cc1[C@@H](O)c1ccc(C#C[Si](C(C)C)(C(C)C)C(C)C)cc1. The van der Waals surface area contributed by atoms with Crippen LogP contribution in [0.3, 0.4) is 0 Å². The van der Waals surface area contributed by atoms with E-state index in [9.17, 15) is 5.11 Å². The topological polar surface area (TPSA) is 29.5 Å². The van der Waals surface area contributed by atoms with Crippen molar-refractivity contribution in [2.24, 2.45) is 0 Å². The summed E-state index contributed by atoms with van der Waals surface area (Å²) >= 11 is 3.47. The van der Waals surface area contributed by atoms with Crippen molar-refractivity contribution in [3.05, 3.63) is 63.6 Å². The van der Waals surface area contributed by atoms with Crippen molar-refractivity contribution < 1.29 is 9.84 Å². The average molecular weight is 474 g/mol. The predicted octanol–water partition coefficient (Wildman–Crippen LogP) is 7.11. The third-order valence-electron chi connectivity index (χ3n) is 6.00. The summed E-state index contributed by atoms with van der Waals surface area (Å²) in [6.45, 7) is 14.0. The summed E-state index contributed by atoms with van der Waals surface area (Å²) in [5, 5.41) is 10.9. The lowest BCUT2D eigenvalue weighted by molar-refractivity contribution is 0.214. The maximum atomic E-state index is 10.9. The van der Waals surface area contributed by atoms with Crippen molar-refractivity contribution in [1.82, 2.24) is 0 Å². The van der Waals surface area contributed by atoms with Crippen molar-refractivity contribution in [3.63, 3.8) is 0 Å². The molecule has 0 unspecified atom stereocenters. The molecule has 29 heavy (non-hydrogen) atoms. The van der Waals surface area contributed by atoms with E-state index in [4.69, 9.17) is 4.74 Å². The minimum Gasteiger partial charge on any atom is -0.496 e. The van der Waals surface area contributed by atoms with Gasteiger partial charge in [-0.1, -0.05) is 75.5 Å². The molecule has 0 aliphatic rings. The molecule has 0 aromatic heterocycles. The fourth-order valence-corrected chi connectivity index (χ4v) is 10.1. The minimum atomic E-state index is -1.75. The summed E-state index contributed by atoms with van der Waals surface area (Å²) in [6, 6.07) is 13.6. The van der Waals surface area contributed by atoms with Crippen LogP contribution in [-0.4, -0.2) is 20.3 Å². The summed E-state index contributed by atoms with van der Waals surface area (Å²) < 4.78 is 6.32. The van der Waals surface area contributed by atoms with Crippen molar-refractivity contribution >= 4 is 24.0 Å². The Balaban J connectivity index is 2.35. The average Bonchev–Trinajstić information content (AvgIpc) is 2.67. The molecule has 2 nitrogen and oxygen atoms in total. The summed E-state index contributed by atoms with van der Waals surface area (Å²) in [7, 11) is -0.132. The molecular weight excluding hydrogens is 440 g/mol. The fraction of sp³-hybridized carbons (Fsp3) is 0.440. The molecule has 0 bridgehead atoms. The number of methoxy groups -OCH3 is 1. The van der Waals surface area contributed by atoms with Crippen LogP contribution >= 0.6 is 15.9 Å². The first-order valence-electron chi connectivity index (χ1n) is 10.3. The number of rotatable bonds is 6. The Kier molecular flexibility index (Phi) is 8.16. The van der Waals surface area contributed by atoms with Gasteiger partial charge in [0.1, 0.15) is 19.9 Å². The Labute approximate surface area is 185 Å². The van der Waals surface area contributed by atoms with Gasteiger partial charge in [-0.2, -0.15) is 0 Å². The summed E-state index contributed by atoms with van der Waals surface area (Å²) in [6.07, 6.45) is -0.750. The van der Waals surface area contributed by atoms with Gasteiger partial charge in [0.05, 0.1) is 7.11 Å². The molecule has 0 radical (unpaired) electrons. The Morgan fingerprint density at radius 2 is 1.45 bits per heavy atom. The smallest absolute Gasteiger partial charge is 0.146 e. The molecular formula is C25H33BrO2Si. The van der Waals surface area contributed by atoms with Crippen LogP contribution in [0.25, 0.3) is 0 Å². The standard InChI is InChI=1S/C25H33BrO2Si/c1-17(2)29(18(3)4,19(5)6)15-14-20-8-10-21(11-9-20)25(27)23-16-22(26)12-13-24(23)28-7/h8-13,16-19,25,27H,1-7H3/t25-/m0/s1. The molecule has 156 valence electrons.